The van der Waals surface area contributed by atoms with Gasteiger partial charge in [-0.3, -0.25) is 9.59 Å². The van der Waals surface area contributed by atoms with Crippen molar-refractivity contribution in [2.45, 2.75) is 45.3 Å². The number of carbonyl (C=O) groups excluding carboxylic acids is 2. The Morgan fingerprint density at radius 3 is 2.82 bits per heavy atom. The average molecular weight is 304 g/mol. The van der Waals surface area contributed by atoms with Crippen LogP contribution in [0, 0.1) is 0 Å². The zero-order chi connectivity index (χ0) is 16.1. The molecular weight excluding hydrogens is 280 g/mol. The van der Waals surface area contributed by atoms with Gasteiger partial charge in [-0.25, -0.2) is 0 Å². The van der Waals surface area contributed by atoms with Crippen LogP contribution in [0.3, 0.4) is 0 Å². The Labute approximate surface area is 131 Å². The van der Waals surface area contributed by atoms with Crippen LogP contribution < -0.4 is 5.32 Å². The second kappa shape index (κ2) is 7.40. The van der Waals surface area contributed by atoms with Crippen molar-refractivity contribution >= 4 is 11.8 Å². The van der Waals surface area contributed by atoms with Crippen LogP contribution in [0.25, 0.3) is 0 Å². The summed E-state index contributed by atoms with van der Waals surface area (Å²) in [5.41, 5.74) is 2.27. The molecule has 0 bridgehead atoms. The predicted octanol–water partition coefficient (Wildman–Crippen LogP) is 1.41. The maximum absolute atomic E-state index is 12.1. The molecule has 0 radical (unpaired) electrons. The van der Waals surface area contributed by atoms with Gasteiger partial charge in [-0.2, -0.15) is 0 Å². The van der Waals surface area contributed by atoms with Crippen molar-refractivity contribution in [3.63, 3.8) is 0 Å². The number of fused-ring (bicyclic) bond motifs is 1. The number of hydrogen-bond acceptors (Lipinski definition) is 3. The molecular formula is C17H24N2O3. The maximum Gasteiger partial charge on any atom is 0.222 e. The van der Waals surface area contributed by atoms with E-state index in [0.717, 1.165) is 12.0 Å². The normalized spacial score (nSPS) is 18.5. The van der Waals surface area contributed by atoms with Crippen molar-refractivity contribution < 1.29 is 14.7 Å². The van der Waals surface area contributed by atoms with E-state index in [-0.39, 0.29) is 24.3 Å². The molecule has 1 aromatic carbocycles. The molecule has 2 amide bonds. The van der Waals surface area contributed by atoms with Crippen molar-refractivity contribution in [3.05, 3.63) is 35.4 Å². The summed E-state index contributed by atoms with van der Waals surface area (Å²) in [7, 11) is 0. The SMILES string of the molecule is CC(=O)N1CCc2ccccc2C1CC(=O)NCCC(C)O. The number of aliphatic hydroxyl groups is 1. The molecule has 2 rings (SSSR count). The number of hydrogen-bond donors (Lipinski definition) is 2. The van der Waals surface area contributed by atoms with E-state index < -0.39 is 6.10 Å². The van der Waals surface area contributed by atoms with E-state index in [1.807, 2.05) is 18.2 Å². The first-order valence-corrected chi connectivity index (χ1v) is 7.79. The summed E-state index contributed by atoms with van der Waals surface area (Å²) in [4.78, 5) is 25.8. The predicted molar refractivity (Wildman–Crippen MR) is 84.2 cm³/mol. The van der Waals surface area contributed by atoms with Crippen LogP contribution in [0.1, 0.15) is 43.9 Å². The average Bonchev–Trinajstić information content (AvgIpc) is 2.46. The molecule has 1 aliphatic rings. The van der Waals surface area contributed by atoms with Gasteiger partial charge in [0.05, 0.1) is 18.6 Å². The molecule has 5 nitrogen and oxygen atoms in total. The summed E-state index contributed by atoms with van der Waals surface area (Å²) in [6.07, 6.45) is 1.19. The van der Waals surface area contributed by atoms with Crippen LogP contribution in [-0.2, 0) is 16.0 Å². The molecule has 5 heteroatoms. The number of rotatable bonds is 5. The van der Waals surface area contributed by atoms with Gasteiger partial charge in [0, 0.05) is 20.0 Å². The lowest BCUT2D eigenvalue weighted by Crippen LogP contribution is -2.41. The summed E-state index contributed by atoms with van der Waals surface area (Å²) in [5, 5.41) is 12.0. The summed E-state index contributed by atoms with van der Waals surface area (Å²) < 4.78 is 0. The van der Waals surface area contributed by atoms with Gasteiger partial charge in [0.1, 0.15) is 0 Å². The minimum Gasteiger partial charge on any atom is -0.393 e. The van der Waals surface area contributed by atoms with Crippen LogP contribution in [0.2, 0.25) is 0 Å². The van der Waals surface area contributed by atoms with Gasteiger partial charge in [-0.15, -0.1) is 0 Å². The Morgan fingerprint density at radius 1 is 1.41 bits per heavy atom. The van der Waals surface area contributed by atoms with E-state index in [2.05, 4.69) is 11.4 Å². The summed E-state index contributed by atoms with van der Waals surface area (Å²) >= 11 is 0. The zero-order valence-corrected chi connectivity index (χ0v) is 13.2. The quantitative estimate of drug-likeness (QED) is 0.864. The molecule has 120 valence electrons. The van der Waals surface area contributed by atoms with E-state index in [0.29, 0.717) is 19.5 Å². The Hall–Kier alpha value is -1.88. The largest absolute Gasteiger partial charge is 0.393 e. The molecule has 1 heterocycles. The van der Waals surface area contributed by atoms with Crippen molar-refractivity contribution in [2.24, 2.45) is 0 Å². The van der Waals surface area contributed by atoms with Gasteiger partial charge in [-0.05, 0) is 30.9 Å². The minimum absolute atomic E-state index is 0.00344. The van der Waals surface area contributed by atoms with Crippen molar-refractivity contribution in [3.8, 4) is 0 Å². The first kappa shape index (κ1) is 16.5. The Bertz CT molecular complexity index is 542. The van der Waals surface area contributed by atoms with E-state index in [1.165, 1.54) is 5.56 Å². The molecule has 1 aliphatic heterocycles. The van der Waals surface area contributed by atoms with Crippen LogP contribution in [0.15, 0.2) is 24.3 Å². The number of nitrogens with one attached hydrogen (secondary N) is 1. The number of amides is 2. The van der Waals surface area contributed by atoms with Gasteiger partial charge in [0.25, 0.3) is 0 Å². The third kappa shape index (κ3) is 4.07. The summed E-state index contributed by atoms with van der Waals surface area (Å²) in [5.74, 6) is -0.0927. The highest BCUT2D eigenvalue weighted by Gasteiger charge is 2.30. The molecule has 0 fully saturated rings. The van der Waals surface area contributed by atoms with Gasteiger partial charge >= 0.3 is 0 Å². The second-order valence-electron chi connectivity index (χ2n) is 5.87. The van der Waals surface area contributed by atoms with Crippen LogP contribution in [0.5, 0.6) is 0 Å². The van der Waals surface area contributed by atoms with Crippen molar-refractivity contribution in [1.82, 2.24) is 10.2 Å². The zero-order valence-electron chi connectivity index (χ0n) is 13.2. The van der Waals surface area contributed by atoms with Gasteiger partial charge in [-0.1, -0.05) is 24.3 Å². The molecule has 22 heavy (non-hydrogen) atoms. The molecule has 0 saturated heterocycles. The van der Waals surface area contributed by atoms with Gasteiger partial charge < -0.3 is 15.3 Å². The topological polar surface area (TPSA) is 69.6 Å². The number of nitrogens with zero attached hydrogens (tertiary/aromatic N) is 1. The van der Waals surface area contributed by atoms with Crippen molar-refractivity contribution in [1.29, 1.82) is 0 Å². The highest BCUT2D eigenvalue weighted by atomic mass is 16.3. The Kier molecular flexibility index (Phi) is 5.55. The monoisotopic (exact) mass is 304 g/mol. The fraction of sp³-hybridized carbons (Fsp3) is 0.529. The van der Waals surface area contributed by atoms with Crippen LogP contribution in [0.4, 0.5) is 0 Å². The maximum atomic E-state index is 12.1. The van der Waals surface area contributed by atoms with Gasteiger partial charge in [0.15, 0.2) is 0 Å². The summed E-state index contributed by atoms with van der Waals surface area (Å²) in [6.45, 7) is 4.34. The molecule has 0 aliphatic carbocycles. The Balaban J connectivity index is 2.08. The molecule has 0 aromatic heterocycles. The fourth-order valence-electron chi connectivity index (χ4n) is 2.92. The van der Waals surface area contributed by atoms with E-state index in [1.54, 1.807) is 18.7 Å². The summed E-state index contributed by atoms with van der Waals surface area (Å²) in [6, 6.07) is 7.79. The molecule has 0 spiro atoms. The molecule has 1 aromatic rings. The number of carbonyl (C=O) groups is 2. The minimum atomic E-state index is -0.426. The molecule has 2 atom stereocenters. The third-order valence-electron chi connectivity index (χ3n) is 4.08. The first-order chi connectivity index (χ1) is 10.5. The molecule has 2 N–H and O–H groups in total. The smallest absolute Gasteiger partial charge is 0.222 e. The van der Waals surface area contributed by atoms with E-state index in [4.69, 9.17) is 0 Å². The lowest BCUT2D eigenvalue weighted by atomic mass is 9.90. The lowest BCUT2D eigenvalue weighted by Gasteiger charge is -2.36. The Morgan fingerprint density at radius 2 is 2.14 bits per heavy atom. The molecule has 0 saturated carbocycles. The van der Waals surface area contributed by atoms with Crippen molar-refractivity contribution in [2.75, 3.05) is 13.1 Å². The highest BCUT2D eigenvalue weighted by molar-refractivity contribution is 5.79. The van der Waals surface area contributed by atoms with Gasteiger partial charge in [0.2, 0.25) is 11.8 Å². The number of aliphatic hydroxyl groups excluding tert-OH is 1. The standard InChI is InChI=1S/C17H24N2O3/c1-12(20)7-9-18-17(22)11-16-15-6-4-3-5-14(15)8-10-19(16)13(2)21/h3-6,12,16,20H,7-11H2,1-2H3,(H,18,22). The highest BCUT2D eigenvalue weighted by Crippen LogP contribution is 2.32. The van der Waals surface area contributed by atoms with Crippen LogP contribution >= 0.6 is 0 Å². The lowest BCUT2D eigenvalue weighted by molar-refractivity contribution is -0.133. The van der Waals surface area contributed by atoms with E-state index >= 15 is 0 Å². The fourth-order valence-corrected chi connectivity index (χ4v) is 2.92. The van der Waals surface area contributed by atoms with Crippen LogP contribution in [-0.4, -0.2) is 41.0 Å². The first-order valence-electron chi connectivity index (χ1n) is 7.79. The number of benzene rings is 1. The third-order valence-corrected chi connectivity index (χ3v) is 4.08. The van der Waals surface area contributed by atoms with E-state index in [9.17, 15) is 14.7 Å². The molecule has 2 unspecified atom stereocenters. The second-order valence-corrected chi connectivity index (χ2v) is 5.87.